The average molecular weight is 265 g/mol. The lowest BCUT2D eigenvalue weighted by atomic mass is 10.1. The number of allylic oxidation sites excluding steroid dienone is 4. The lowest BCUT2D eigenvalue weighted by Gasteiger charge is -2.02. The Morgan fingerprint density at radius 3 is 2.60 bits per heavy atom. The number of para-hydroxylation sites is 1. The van der Waals surface area contributed by atoms with E-state index in [1.165, 1.54) is 16.5 Å². The van der Waals surface area contributed by atoms with Gasteiger partial charge in [0, 0.05) is 17.5 Å². The number of aromatic nitrogens is 1. The SMILES string of the molecule is CC(C)=CCC/C(C)=C/Cc1ccc2ccccc2n1. The second-order valence-electron chi connectivity index (χ2n) is 5.57. The Labute approximate surface area is 122 Å². The maximum atomic E-state index is 4.70. The van der Waals surface area contributed by atoms with Crippen LogP contribution in [0.5, 0.6) is 0 Å². The summed E-state index contributed by atoms with van der Waals surface area (Å²) in [6.45, 7) is 6.51. The molecule has 20 heavy (non-hydrogen) atoms. The van der Waals surface area contributed by atoms with E-state index in [1.807, 2.05) is 6.07 Å². The van der Waals surface area contributed by atoms with Crippen LogP contribution >= 0.6 is 0 Å². The van der Waals surface area contributed by atoms with Gasteiger partial charge in [-0.05, 0) is 45.7 Å². The van der Waals surface area contributed by atoms with Gasteiger partial charge in [0.25, 0.3) is 0 Å². The number of hydrogen-bond donors (Lipinski definition) is 0. The van der Waals surface area contributed by atoms with Crippen LogP contribution in [0.25, 0.3) is 10.9 Å². The van der Waals surface area contributed by atoms with Crippen LogP contribution in [0.15, 0.2) is 59.7 Å². The van der Waals surface area contributed by atoms with Gasteiger partial charge in [0.15, 0.2) is 0 Å². The average Bonchev–Trinajstić information content (AvgIpc) is 2.44. The number of hydrogen-bond acceptors (Lipinski definition) is 1. The molecule has 1 heteroatoms. The van der Waals surface area contributed by atoms with E-state index in [0.29, 0.717) is 0 Å². The zero-order chi connectivity index (χ0) is 14.4. The van der Waals surface area contributed by atoms with Gasteiger partial charge in [-0.25, -0.2) is 0 Å². The van der Waals surface area contributed by atoms with E-state index >= 15 is 0 Å². The Balaban J connectivity index is 1.99. The second-order valence-corrected chi connectivity index (χ2v) is 5.57. The van der Waals surface area contributed by atoms with Gasteiger partial charge in [-0.1, -0.05) is 47.6 Å². The Morgan fingerprint density at radius 2 is 1.80 bits per heavy atom. The molecule has 0 bridgehead atoms. The van der Waals surface area contributed by atoms with Crippen LogP contribution < -0.4 is 0 Å². The van der Waals surface area contributed by atoms with E-state index in [4.69, 9.17) is 4.98 Å². The second kappa shape index (κ2) is 7.04. The molecule has 1 heterocycles. The summed E-state index contributed by atoms with van der Waals surface area (Å²) in [4.78, 5) is 4.70. The first kappa shape index (κ1) is 14.5. The minimum atomic E-state index is 0.922. The Hall–Kier alpha value is -1.89. The molecule has 1 aromatic carbocycles. The van der Waals surface area contributed by atoms with Gasteiger partial charge < -0.3 is 0 Å². The van der Waals surface area contributed by atoms with Crippen molar-refractivity contribution in [1.29, 1.82) is 0 Å². The molecule has 2 rings (SSSR count). The highest BCUT2D eigenvalue weighted by molar-refractivity contribution is 5.78. The Kier molecular flexibility index (Phi) is 5.11. The lowest BCUT2D eigenvalue weighted by molar-refractivity contribution is 0.952. The summed E-state index contributed by atoms with van der Waals surface area (Å²) >= 11 is 0. The topological polar surface area (TPSA) is 12.9 Å². The zero-order valence-electron chi connectivity index (χ0n) is 12.7. The fourth-order valence-electron chi connectivity index (χ4n) is 2.19. The molecule has 0 aliphatic rings. The van der Waals surface area contributed by atoms with E-state index in [2.05, 4.69) is 63.3 Å². The van der Waals surface area contributed by atoms with Gasteiger partial charge in [0.2, 0.25) is 0 Å². The molecule has 104 valence electrons. The molecule has 0 atom stereocenters. The van der Waals surface area contributed by atoms with Crippen molar-refractivity contribution in [3.05, 3.63) is 65.4 Å². The lowest BCUT2D eigenvalue weighted by Crippen LogP contribution is -1.89. The maximum Gasteiger partial charge on any atom is 0.0705 e. The number of pyridine rings is 1. The maximum absolute atomic E-state index is 4.70. The highest BCUT2D eigenvalue weighted by Crippen LogP contribution is 2.13. The zero-order valence-corrected chi connectivity index (χ0v) is 12.7. The van der Waals surface area contributed by atoms with Crippen molar-refractivity contribution >= 4 is 10.9 Å². The first-order valence-corrected chi connectivity index (χ1v) is 7.29. The molecule has 0 amide bonds. The molecule has 0 radical (unpaired) electrons. The first-order chi connectivity index (χ1) is 9.65. The minimum absolute atomic E-state index is 0.922. The molecule has 0 N–H and O–H groups in total. The van der Waals surface area contributed by atoms with Crippen molar-refractivity contribution in [2.24, 2.45) is 0 Å². The largest absolute Gasteiger partial charge is 0.253 e. The first-order valence-electron chi connectivity index (χ1n) is 7.29. The van der Waals surface area contributed by atoms with Crippen LogP contribution in [-0.4, -0.2) is 4.98 Å². The van der Waals surface area contributed by atoms with E-state index in [0.717, 1.165) is 30.5 Å². The molecule has 0 spiro atoms. The van der Waals surface area contributed by atoms with Crippen LogP contribution in [-0.2, 0) is 6.42 Å². The van der Waals surface area contributed by atoms with E-state index in [9.17, 15) is 0 Å². The Bertz CT molecular complexity index is 631. The summed E-state index contributed by atoms with van der Waals surface area (Å²) in [6, 6.07) is 12.6. The van der Waals surface area contributed by atoms with Gasteiger partial charge >= 0.3 is 0 Å². The predicted molar refractivity (Wildman–Crippen MR) is 87.9 cm³/mol. The third kappa shape index (κ3) is 4.34. The molecule has 1 aromatic heterocycles. The van der Waals surface area contributed by atoms with Gasteiger partial charge in [0.1, 0.15) is 0 Å². The van der Waals surface area contributed by atoms with Gasteiger partial charge in [-0.3, -0.25) is 4.98 Å². The summed E-state index contributed by atoms with van der Waals surface area (Å²) in [7, 11) is 0. The van der Waals surface area contributed by atoms with Crippen LogP contribution in [0.3, 0.4) is 0 Å². The quantitative estimate of drug-likeness (QED) is 0.653. The third-order valence-electron chi connectivity index (χ3n) is 3.41. The molecule has 0 fully saturated rings. The monoisotopic (exact) mass is 265 g/mol. The van der Waals surface area contributed by atoms with Crippen LogP contribution in [0.2, 0.25) is 0 Å². The molecule has 1 nitrogen and oxygen atoms in total. The third-order valence-corrected chi connectivity index (χ3v) is 3.41. The highest BCUT2D eigenvalue weighted by Gasteiger charge is 1.97. The van der Waals surface area contributed by atoms with Crippen molar-refractivity contribution in [3.8, 4) is 0 Å². The number of rotatable bonds is 5. The van der Waals surface area contributed by atoms with Gasteiger partial charge in [0.05, 0.1) is 5.52 Å². The summed E-state index contributed by atoms with van der Waals surface area (Å²) in [5.74, 6) is 0. The molecule has 0 saturated carbocycles. The summed E-state index contributed by atoms with van der Waals surface area (Å²) in [5.41, 5.74) is 5.07. The number of benzene rings is 1. The van der Waals surface area contributed by atoms with Crippen LogP contribution in [0, 0.1) is 0 Å². The van der Waals surface area contributed by atoms with Crippen LogP contribution in [0.1, 0.15) is 39.3 Å². The smallest absolute Gasteiger partial charge is 0.0705 e. The van der Waals surface area contributed by atoms with Crippen LogP contribution in [0.4, 0.5) is 0 Å². The summed E-state index contributed by atoms with van der Waals surface area (Å²) in [6.07, 6.45) is 7.79. The minimum Gasteiger partial charge on any atom is -0.253 e. The molecular formula is C19H23N. The van der Waals surface area contributed by atoms with E-state index in [-0.39, 0.29) is 0 Å². The predicted octanol–water partition coefficient (Wildman–Crippen LogP) is 5.47. The van der Waals surface area contributed by atoms with Crippen molar-refractivity contribution < 1.29 is 0 Å². The van der Waals surface area contributed by atoms with Crippen molar-refractivity contribution in [1.82, 2.24) is 4.98 Å². The summed E-state index contributed by atoms with van der Waals surface area (Å²) in [5, 5.41) is 1.21. The fourth-order valence-corrected chi connectivity index (χ4v) is 2.19. The standard InChI is InChI=1S/C19H23N/c1-15(2)7-6-8-16(3)11-13-18-14-12-17-9-4-5-10-19(17)20-18/h4-5,7,9-12,14H,6,8,13H2,1-3H3/b16-11+. The molecule has 0 aliphatic carbocycles. The molecule has 0 aliphatic heterocycles. The number of fused-ring (bicyclic) bond motifs is 1. The van der Waals surface area contributed by atoms with Crippen molar-refractivity contribution in [2.45, 2.75) is 40.0 Å². The highest BCUT2D eigenvalue weighted by atomic mass is 14.7. The van der Waals surface area contributed by atoms with Gasteiger partial charge in [-0.2, -0.15) is 0 Å². The Morgan fingerprint density at radius 1 is 1.00 bits per heavy atom. The molecule has 0 unspecified atom stereocenters. The molecular weight excluding hydrogens is 242 g/mol. The fraction of sp³-hybridized carbons (Fsp3) is 0.316. The normalized spacial score (nSPS) is 11.7. The summed E-state index contributed by atoms with van der Waals surface area (Å²) < 4.78 is 0. The molecule has 0 saturated heterocycles. The number of nitrogens with zero attached hydrogens (tertiary/aromatic N) is 1. The van der Waals surface area contributed by atoms with E-state index < -0.39 is 0 Å². The van der Waals surface area contributed by atoms with Gasteiger partial charge in [-0.15, -0.1) is 0 Å². The van der Waals surface area contributed by atoms with Crippen molar-refractivity contribution in [3.63, 3.8) is 0 Å². The van der Waals surface area contributed by atoms with Crippen molar-refractivity contribution in [2.75, 3.05) is 0 Å². The molecule has 2 aromatic rings. The van der Waals surface area contributed by atoms with E-state index in [1.54, 1.807) is 0 Å².